The van der Waals surface area contributed by atoms with E-state index in [1.807, 2.05) is 12.1 Å². The summed E-state index contributed by atoms with van der Waals surface area (Å²) in [6, 6.07) is 6.38. The largest absolute Gasteiger partial charge is 0.352 e. The summed E-state index contributed by atoms with van der Waals surface area (Å²) in [6.45, 7) is 2.32. The van der Waals surface area contributed by atoms with Gasteiger partial charge in [-0.2, -0.15) is 0 Å². The van der Waals surface area contributed by atoms with Crippen molar-refractivity contribution in [3.63, 3.8) is 0 Å². The molecule has 1 fully saturated rings. The van der Waals surface area contributed by atoms with Crippen molar-refractivity contribution >= 4 is 11.8 Å². The summed E-state index contributed by atoms with van der Waals surface area (Å²) in [5, 5.41) is 2.69. The minimum Gasteiger partial charge on any atom is -0.352 e. The molecule has 7 heteroatoms. The predicted molar refractivity (Wildman–Crippen MR) is 91.1 cm³/mol. The number of carbonyl (C=O) groups excluding carboxylic acids is 2. The third kappa shape index (κ3) is 3.87. The quantitative estimate of drug-likeness (QED) is 0.913. The Labute approximate surface area is 150 Å². The van der Waals surface area contributed by atoms with E-state index in [-0.39, 0.29) is 17.5 Å². The summed E-state index contributed by atoms with van der Waals surface area (Å²) >= 11 is 0. The Morgan fingerprint density at radius 1 is 1.27 bits per heavy atom. The van der Waals surface area contributed by atoms with E-state index in [0.29, 0.717) is 24.8 Å². The molecule has 0 radical (unpaired) electrons. The van der Waals surface area contributed by atoms with Crippen LogP contribution in [-0.2, 0) is 11.3 Å². The Kier molecular flexibility index (Phi) is 5.25. The highest BCUT2D eigenvalue weighted by atomic mass is 19.1. The number of halogens is 2. The van der Waals surface area contributed by atoms with Gasteiger partial charge in [0, 0.05) is 32.3 Å². The molecule has 1 aliphatic heterocycles. The summed E-state index contributed by atoms with van der Waals surface area (Å²) < 4.78 is 27.0. The minimum atomic E-state index is -0.862. The van der Waals surface area contributed by atoms with Gasteiger partial charge in [-0.05, 0) is 36.6 Å². The average molecular weight is 359 g/mol. The van der Waals surface area contributed by atoms with Crippen molar-refractivity contribution in [3.8, 4) is 0 Å². The molecule has 5 nitrogen and oxygen atoms in total. The van der Waals surface area contributed by atoms with E-state index >= 15 is 0 Å². The van der Waals surface area contributed by atoms with Crippen LogP contribution in [0.5, 0.6) is 0 Å². The lowest BCUT2D eigenvalue weighted by Crippen LogP contribution is -2.31. The number of nitrogens with one attached hydrogen (secondary N) is 1. The zero-order chi connectivity index (χ0) is 18.7. The van der Waals surface area contributed by atoms with Crippen molar-refractivity contribution < 1.29 is 18.4 Å². The fourth-order valence-corrected chi connectivity index (χ4v) is 3.10. The lowest BCUT2D eigenvalue weighted by atomic mass is 10.1. The van der Waals surface area contributed by atoms with Gasteiger partial charge in [0.25, 0.3) is 5.91 Å². The first-order chi connectivity index (χ1) is 12.5. The predicted octanol–water partition coefficient (Wildman–Crippen LogP) is 2.97. The molecule has 0 bridgehead atoms. The number of pyridine rings is 1. The molecular formula is C19H19F2N3O2. The Morgan fingerprint density at radius 2 is 2.08 bits per heavy atom. The van der Waals surface area contributed by atoms with Crippen LogP contribution in [0.3, 0.4) is 0 Å². The molecule has 2 heterocycles. The normalized spacial score (nSPS) is 16.6. The molecule has 3 rings (SSSR count). The van der Waals surface area contributed by atoms with Crippen molar-refractivity contribution in [3.05, 3.63) is 65.0 Å². The van der Waals surface area contributed by atoms with E-state index < -0.39 is 17.5 Å². The van der Waals surface area contributed by atoms with Crippen LogP contribution in [0, 0.1) is 11.6 Å². The van der Waals surface area contributed by atoms with E-state index in [1.54, 1.807) is 11.1 Å². The third-order valence-electron chi connectivity index (χ3n) is 4.41. The van der Waals surface area contributed by atoms with Crippen LogP contribution in [0.25, 0.3) is 0 Å². The third-order valence-corrected chi connectivity index (χ3v) is 4.41. The van der Waals surface area contributed by atoms with Crippen molar-refractivity contribution in [2.24, 2.45) is 0 Å². The number of benzene rings is 1. The van der Waals surface area contributed by atoms with Crippen LogP contribution in [0.1, 0.15) is 47.4 Å². The first-order valence-electron chi connectivity index (χ1n) is 8.41. The van der Waals surface area contributed by atoms with E-state index in [2.05, 4.69) is 10.3 Å². The number of hydrogen-bond acceptors (Lipinski definition) is 3. The highest BCUT2D eigenvalue weighted by Crippen LogP contribution is 2.32. The summed E-state index contributed by atoms with van der Waals surface area (Å²) in [6.07, 6.45) is 3.17. The monoisotopic (exact) mass is 359 g/mol. The van der Waals surface area contributed by atoms with Gasteiger partial charge in [-0.3, -0.25) is 14.6 Å². The maximum atomic E-state index is 13.9. The molecule has 0 aliphatic carbocycles. The van der Waals surface area contributed by atoms with Gasteiger partial charge >= 0.3 is 0 Å². The number of aromatic nitrogens is 1. The molecule has 1 aliphatic rings. The molecule has 1 aromatic heterocycles. The number of rotatable bonds is 4. The smallest absolute Gasteiger partial charge is 0.257 e. The van der Waals surface area contributed by atoms with E-state index in [9.17, 15) is 18.4 Å². The van der Waals surface area contributed by atoms with E-state index in [0.717, 1.165) is 24.5 Å². The van der Waals surface area contributed by atoms with Crippen molar-refractivity contribution in [1.82, 2.24) is 15.2 Å². The van der Waals surface area contributed by atoms with E-state index in [1.165, 1.54) is 13.0 Å². The Bertz CT molecular complexity index is 824. The molecule has 1 saturated heterocycles. The second-order valence-electron chi connectivity index (χ2n) is 6.28. The SMILES string of the molecule is CC(=O)NCc1ccc([C@@H]2CCCN2C(=O)c2ccc(F)cc2F)nc1. The van der Waals surface area contributed by atoms with Gasteiger partial charge in [-0.25, -0.2) is 8.78 Å². The number of nitrogens with zero attached hydrogens (tertiary/aromatic N) is 2. The van der Waals surface area contributed by atoms with Gasteiger partial charge < -0.3 is 10.2 Å². The standard InChI is InChI=1S/C19H19F2N3O2/c1-12(25)22-10-13-4-7-17(23-11-13)18-3-2-8-24(18)19(26)15-6-5-14(20)9-16(15)21/h4-7,9,11,18H,2-3,8,10H2,1H3,(H,22,25)/t18-/m0/s1. The van der Waals surface area contributed by atoms with E-state index in [4.69, 9.17) is 0 Å². The fraction of sp³-hybridized carbons (Fsp3) is 0.316. The first kappa shape index (κ1) is 18.0. The summed E-state index contributed by atoms with van der Waals surface area (Å²) in [5.74, 6) is -2.16. The molecular weight excluding hydrogens is 340 g/mol. The molecule has 0 unspecified atom stereocenters. The number of hydrogen-bond donors (Lipinski definition) is 1. The highest BCUT2D eigenvalue weighted by molar-refractivity contribution is 5.95. The summed E-state index contributed by atoms with van der Waals surface area (Å²) in [7, 11) is 0. The van der Waals surface area contributed by atoms with Gasteiger partial charge in [0.2, 0.25) is 5.91 Å². The van der Waals surface area contributed by atoms with Gasteiger partial charge in [0.05, 0.1) is 17.3 Å². The van der Waals surface area contributed by atoms with Gasteiger partial charge in [0.1, 0.15) is 11.6 Å². The summed E-state index contributed by atoms with van der Waals surface area (Å²) in [4.78, 5) is 29.6. The molecule has 2 amide bonds. The minimum absolute atomic E-state index is 0.122. The maximum absolute atomic E-state index is 13.9. The Hall–Kier alpha value is -2.83. The van der Waals surface area contributed by atoms with Crippen molar-refractivity contribution in [1.29, 1.82) is 0 Å². The fourth-order valence-electron chi connectivity index (χ4n) is 3.10. The number of amides is 2. The van der Waals surface area contributed by atoms with Crippen LogP contribution >= 0.6 is 0 Å². The molecule has 1 atom stereocenters. The molecule has 26 heavy (non-hydrogen) atoms. The lowest BCUT2D eigenvalue weighted by Gasteiger charge is -2.24. The molecule has 1 aromatic carbocycles. The van der Waals surface area contributed by atoms with Crippen LogP contribution in [0.4, 0.5) is 8.78 Å². The maximum Gasteiger partial charge on any atom is 0.257 e. The Balaban J connectivity index is 1.77. The van der Waals surface area contributed by atoms with Gasteiger partial charge in [-0.1, -0.05) is 6.07 Å². The molecule has 2 aromatic rings. The zero-order valence-corrected chi connectivity index (χ0v) is 14.3. The van der Waals surface area contributed by atoms with Crippen LogP contribution in [-0.4, -0.2) is 28.2 Å². The van der Waals surface area contributed by atoms with Crippen LogP contribution in [0.15, 0.2) is 36.5 Å². The van der Waals surface area contributed by atoms with Crippen LogP contribution in [0.2, 0.25) is 0 Å². The molecule has 136 valence electrons. The number of likely N-dealkylation sites (tertiary alicyclic amines) is 1. The topological polar surface area (TPSA) is 62.3 Å². The van der Waals surface area contributed by atoms with Crippen LogP contribution < -0.4 is 5.32 Å². The zero-order valence-electron chi connectivity index (χ0n) is 14.3. The summed E-state index contributed by atoms with van der Waals surface area (Å²) in [5.41, 5.74) is 1.43. The second kappa shape index (κ2) is 7.59. The molecule has 0 spiro atoms. The van der Waals surface area contributed by atoms with Crippen molar-refractivity contribution in [2.75, 3.05) is 6.54 Å². The molecule has 1 N–H and O–H groups in total. The molecule has 0 saturated carbocycles. The van der Waals surface area contributed by atoms with Gasteiger partial charge in [0.15, 0.2) is 0 Å². The second-order valence-corrected chi connectivity index (χ2v) is 6.28. The lowest BCUT2D eigenvalue weighted by molar-refractivity contribution is -0.119. The average Bonchev–Trinajstić information content (AvgIpc) is 3.09. The number of carbonyl (C=O) groups is 2. The Morgan fingerprint density at radius 3 is 2.73 bits per heavy atom. The van der Waals surface area contributed by atoms with Crippen molar-refractivity contribution in [2.45, 2.75) is 32.4 Å². The highest BCUT2D eigenvalue weighted by Gasteiger charge is 2.32. The van der Waals surface area contributed by atoms with Gasteiger partial charge in [-0.15, -0.1) is 0 Å². The first-order valence-corrected chi connectivity index (χ1v) is 8.41.